The summed E-state index contributed by atoms with van der Waals surface area (Å²) < 4.78 is 0. The fraction of sp³-hybridized carbons (Fsp3) is 0.364. The van der Waals surface area contributed by atoms with Crippen LogP contribution in [0.3, 0.4) is 0 Å². The normalized spacial score (nSPS) is 12.5. The molecule has 0 saturated carbocycles. The molecule has 0 saturated heterocycles. The van der Waals surface area contributed by atoms with Gasteiger partial charge in [0.2, 0.25) is 0 Å². The lowest BCUT2D eigenvalue weighted by Crippen LogP contribution is -2.03. The predicted molar refractivity (Wildman–Crippen MR) is 59.6 cm³/mol. The molecule has 1 N–H and O–H groups in total. The molecule has 3 heteroatoms. The Balaban J connectivity index is 2.69. The number of ketones is 1. The standard InChI is InChI=1S/C11H14O2S/c1-8(12)10-4-2-9(3-5-10)6-11(13)7-14/h2-5,8,12,14H,6-7H2,1H3. The Labute approximate surface area is 89.4 Å². The Hall–Kier alpha value is -0.800. The number of hydrogen-bond donors (Lipinski definition) is 2. The molecule has 0 fully saturated rings. The van der Waals surface area contributed by atoms with Gasteiger partial charge in [0.25, 0.3) is 0 Å². The van der Waals surface area contributed by atoms with Crippen LogP contribution in [-0.4, -0.2) is 16.6 Å². The first kappa shape index (κ1) is 11.3. The molecule has 14 heavy (non-hydrogen) atoms. The van der Waals surface area contributed by atoms with E-state index in [1.807, 2.05) is 24.3 Å². The largest absolute Gasteiger partial charge is 0.389 e. The van der Waals surface area contributed by atoms with Gasteiger partial charge in [0.1, 0.15) is 5.78 Å². The molecule has 1 aromatic carbocycles. The van der Waals surface area contributed by atoms with E-state index in [0.29, 0.717) is 6.42 Å². The SMILES string of the molecule is CC(O)c1ccc(CC(=O)CS)cc1. The molecule has 1 aromatic rings. The molecule has 0 aliphatic rings. The third-order valence-electron chi connectivity index (χ3n) is 2.04. The minimum Gasteiger partial charge on any atom is -0.389 e. The van der Waals surface area contributed by atoms with Gasteiger partial charge in [-0.3, -0.25) is 4.79 Å². The Morgan fingerprint density at radius 2 is 2.00 bits per heavy atom. The maximum absolute atomic E-state index is 11.1. The van der Waals surface area contributed by atoms with Crippen LogP contribution in [0.15, 0.2) is 24.3 Å². The first-order chi connectivity index (χ1) is 6.63. The van der Waals surface area contributed by atoms with Crippen LogP contribution in [0.5, 0.6) is 0 Å². The van der Waals surface area contributed by atoms with E-state index in [0.717, 1.165) is 11.1 Å². The molecule has 2 nitrogen and oxygen atoms in total. The van der Waals surface area contributed by atoms with Crippen molar-refractivity contribution >= 4 is 18.4 Å². The third-order valence-corrected chi connectivity index (χ3v) is 2.39. The zero-order valence-electron chi connectivity index (χ0n) is 8.10. The van der Waals surface area contributed by atoms with Crippen LogP contribution >= 0.6 is 12.6 Å². The lowest BCUT2D eigenvalue weighted by Gasteiger charge is -2.05. The highest BCUT2D eigenvalue weighted by Crippen LogP contribution is 2.13. The van der Waals surface area contributed by atoms with E-state index in [1.54, 1.807) is 6.92 Å². The Bertz CT molecular complexity index is 304. The minimum absolute atomic E-state index is 0.109. The van der Waals surface area contributed by atoms with Gasteiger partial charge < -0.3 is 5.11 Å². The molecule has 1 atom stereocenters. The monoisotopic (exact) mass is 210 g/mol. The average Bonchev–Trinajstić information content (AvgIpc) is 2.18. The molecular formula is C11H14O2S. The summed E-state index contributed by atoms with van der Waals surface area (Å²) in [4.78, 5) is 11.1. The molecule has 0 heterocycles. The summed E-state index contributed by atoms with van der Waals surface area (Å²) in [5.74, 6) is 0.385. The Kier molecular flexibility index (Phi) is 4.17. The second kappa shape index (κ2) is 5.17. The highest BCUT2D eigenvalue weighted by Gasteiger charge is 2.03. The summed E-state index contributed by atoms with van der Waals surface area (Å²) >= 11 is 3.91. The van der Waals surface area contributed by atoms with Gasteiger partial charge in [-0.15, -0.1) is 0 Å². The van der Waals surface area contributed by atoms with Crippen LogP contribution in [0.1, 0.15) is 24.2 Å². The number of rotatable bonds is 4. The van der Waals surface area contributed by atoms with E-state index < -0.39 is 6.10 Å². The van der Waals surface area contributed by atoms with Gasteiger partial charge in [0, 0.05) is 12.2 Å². The lowest BCUT2D eigenvalue weighted by molar-refractivity contribution is -0.115. The van der Waals surface area contributed by atoms with Crippen molar-refractivity contribution in [2.45, 2.75) is 19.4 Å². The summed E-state index contributed by atoms with van der Waals surface area (Å²) in [6, 6.07) is 7.41. The lowest BCUT2D eigenvalue weighted by atomic mass is 10.1. The van der Waals surface area contributed by atoms with Crippen LogP contribution in [0.4, 0.5) is 0 Å². The highest BCUT2D eigenvalue weighted by molar-refractivity contribution is 7.81. The van der Waals surface area contributed by atoms with E-state index in [1.165, 1.54) is 0 Å². The topological polar surface area (TPSA) is 37.3 Å². The van der Waals surface area contributed by atoms with Gasteiger partial charge in [0.15, 0.2) is 0 Å². The van der Waals surface area contributed by atoms with Crippen molar-refractivity contribution in [3.63, 3.8) is 0 Å². The first-order valence-electron chi connectivity index (χ1n) is 4.53. The smallest absolute Gasteiger partial charge is 0.146 e. The molecule has 0 aliphatic heterocycles. The number of hydrogen-bond acceptors (Lipinski definition) is 3. The minimum atomic E-state index is -0.454. The van der Waals surface area contributed by atoms with Crippen molar-refractivity contribution in [1.29, 1.82) is 0 Å². The second-order valence-electron chi connectivity index (χ2n) is 3.29. The molecular weight excluding hydrogens is 196 g/mol. The van der Waals surface area contributed by atoms with Crippen molar-refractivity contribution in [1.82, 2.24) is 0 Å². The fourth-order valence-corrected chi connectivity index (χ4v) is 1.31. The second-order valence-corrected chi connectivity index (χ2v) is 3.61. The van der Waals surface area contributed by atoms with Crippen LogP contribution in [-0.2, 0) is 11.2 Å². The molecule has 0 spiro atoms. The molecule has 1 unspecified atom stereocenters. The number of benzene rings is 1. The number of carbonyl (C=O) groups excluding carboxylic acids is 1. The average molecular weight is 210 g/mol. The molecule has 1 rings (SSSR count). The summed E-state index contributed by atoms with van der Waals surface area (Å²) in [5.41, 5.74) is 1.83. The van der Waals surface area contributed by atoms with Crippen molar-refractivity contribution in [2.75, 3.05) is 5.75 Å². The molecule has 76 valence electrons. The number of carbonyl (C=O) groups is 1. The van der Waals surface area contributed by atoms with Crippen molar-refractivity contribution < 1.29 is 9.90 Å². The Morgan fingerprint density at radius 3 is 2.43 bits per heavy atom. The van der Waals surface area contributed by atoms with E-state index in [4.69, 9.17) is 0 Å². The van der Waals surface area contributed by atoms with Crippen LogP contribution in [0.25, 0.3) is 0 Å². The summed E-state index contributed by atoms with van der Waals surface area (Å²) in [6.45, 7) is 1.72. The Morgan fingerprint density at radius 1 is 1.43 bits per heavy atom. The summed E-state index contributed by atoms with van der Waals surface area (Å²) in [6.07, 6.45) is -0.0338. The van der Waals surface area contributed by atoms with Crippen molar-refractivity contribution in [3.8, 4) is 0 Å². The number of aliphatic hydroxyl groups excluding tert-OH is 1. The number of aliphatic hydroxyl groups is 1. The number of Topliss-reactive ketones (excluding diaryl/α,β-unsaturated/α-hetero) is 1. The first-order valence-corrected chi connectivity index (χ1v) is 5.16. The maximum Gasteiger partial charge on any atom is 0.146 e. The van der Waals surface area contributed by atoms with Gasteiger partial charge in [-0.2, -0.15) is 12.6 Å². The zero-order valence-corrected chi connectivity index (χ0v) is 9.00. The molecule has 0 radical (unpaired) electrons. The predicted octanol–water partition coefficient (Wildman–Crippen LogP) is 1.78. The van der Waals surface area contributed by atoms with Gasteiger partial charge in [-0.1, -0.05) is 24.3 Å². The van der Waals surface area contributed by atoms with Crippen LogP contribution in [0, 0.1) is 0 Å². The van der Waals surface area contributed by atoms with Crippen LogP contribution < -0.4 is 0 Å². The number of thiol groups is 1. The highest BCUT2D eigenvalue weighted by atomic mass is 32.1. The van der Waals surface area contributed by atoms with Gasteiger partial charge >= 0.3 is 0 Å². The summed E-state index contributed by atoms with van der Waals surface area (Å²) in [7, 11) is 0. The van der Waals surface area contributed by atoms with Crippen molar-refractivity contribution in [3.05, 3.63) is 35.4 Å². The molecule has 0 bridgehead atoms. The zero-order chi connectivity index (χ0) is 10.6. The molecule has 0 aliphatic carbocycles. The molecule has 0 aromatic heterocycles. The van der Waals surface area contributed by atoms with E-state index in [-0.39, 0.29) is 11.5 Å². The third kappa shape index (κ3) is 3.16. The quantitative estimate of drug-likeness (QED) is 0.743. The van der Waals surface area contributed by atoms with Gasteiger partial charge in [0.05, 0.1) is 6.10 Å². The molecule has 0 amide bonds. The van der Waals surface area contributed by atoms with Crippen LogP contribution in [0.2, 0.25) is 0 Å². The van der Waals surface area contributed by atoms with Gasteiger partial charge in [-0.25, -0.2) is 0 Å². The maximum atomic E-state index is 11.1. The van der Waals surface area contributed by atoms with Gasteiger partial charge in [-0.05, 0) is 18.1 Å². The van der Waals surface area contributed by atoms with E-state index in [2.05, 4.69) is 12.6 Å². The fourth-order valence-electron chi connectivity index (χ4n) is 1.20. The summed E-state index contributed by atoms with van der Waals surface area (Å²) in [5, 5.41) is 9.26. The van der Waals surface area contributed by atoms with E-state index in [9.17, 15) is 9.90 Å². The van der Waals surface area contributed by atoms with Crippen molar-refractivity contribution in [2.24, 2.45) is 0 Å². The van der Waals surface area contributed by atoms with E-state index >= 15 is 0 Å².